The lowest BCUT2D eigenvalue weighted by Crippen LogP contribution is -2.54. The van der Waals surface area contributed by atoms with Gasteiger partial charge in [0.2, 0.25) is 10.0 Å². The van der Waals surface area contributed by atoms with E-state index in [2.05, 4.69) is 14.5 Å². The summed E-state index contributed by atoms with van der Waals surface area (Å²) in [4.78, 5) is 4.38. The van der Waals surface area contributed by atoms with E-state index < -0.39 is 10.0 Å². The van der Waals surface area contributed by atoms with Crippen molar-refractivity contribution in [2.75, 3.05) is 52.6 Å². The molecule has 0 spiro atoms. The van der Waals surface area contributed by atoms with Crippen molar-refractivity contribution in [3.8, 4) is 0 Å². The molecule has 0 saturated carbocycles. The Morgan fingerprint density at radius 3 is 2.71 bits per heavy atom. The van der Waals surface area contributed by atoms with Gasteiger partial charge in [-0.15, -0.1) is 0 Å². The molecule has 0 radical (unpaired) electrons. The van der Waals surface area contributed by atoms with Gasteiger partial charge in [0.15, 0.2) is 0 Å². The van der Waals surface area contributed by atoms with Crippen LogP contribution in [0.25, 0.3) is 0 Å². The Morgan fingerprint density at radius 2 is 2.06 bits per heavy atom. The van der Waals surface area contributed by atoms with E-state index >= 15 is 0 Å². The van der Waals surface area contributed by atoms with Gasteiger partial charge in [0.1, 0.15) is 0 Å². The van der Waals surface area contributed by atoms with Gasteiger partial charge in [-0.3, -0.25) is 4.90 Å². The lowest BCUT2D eigenvalue weighted by Gasteiger charge is -2.37. The van der Waals surface area contributed by atoms with Gasteiger partial charge in [-0.1, -0.05) is 0 Å². The topological polar surface area (TPSA) is 72.9 Å². The molecule has 17 heavy (non-hydrogen) atoms. The molecule has 1 unspecified atom stereocenters. The number of hydrogen-bond donors (Lipinski definition) is 2. The van der Waals surface area contributed by atoms with Gasteiger partial charge in [0, 0.05) is 38.8 Å². The van der Waals surface area contributed by atoms with Crippen molar-refractivity contribution in [3.63, 3.8) is 0 Å². The molecule has 1 saturated heterocycles. The molecule has 1 rings (SSSR count). The van der Waals surface area contributed by atoms with E-state index in [0.29, 0.717) is 6.54 Å². The Labute approximate surface area is 104 Å². The summed E-state index contributed by atoms with van der Waals surface area (Å²) in [5, 5.41) is 8.62. The molecule has 1 aliphatic heterocycles. The Hall–Kier alpha value is -0.210. The van der Waals surface area contributed by atoms with E-state index in [1.807, 2.05) is 14.1 Å². The highest BCUT2D eigenvalue weighted by Gasteiger charge is 2.23. The Morgan fingerprint density at radius 1 is 1.35 bits per heavy atom. The van der Waals surface area contributed by atoms with Gasteiger partial charge >= 0.3 is 0 Å². The standard InChI is InChI=1S/C10H23N3O3S/c1-12-4-5-13(2)10(9-12)8-11-17(15,16)7-3-6-14/h10-11,14H,3-9H2,1-2H3. The van der Waals surface area contributed by atoms with Crippen molar-refractivity contribution < 1.29 is 13.5 Å². The van der Waals surface area contributed by atoms with Crippen molar-refractivity contribution >= 4 is 10.0 Å². The number of aliphatic hydroxyl groups excluding tert-OH is 1. The molecule has 0 aromatic rings. The third-order valence-electron chi connectivity index (χ3n) is 3.09. The van der Waals surface area contributed by atoms with Crippen LogP contribution in [0, 0.1) is 0 Å². The van der Waals surface area contributed by atoms with Crippen LogP contribution in [0.2, 0.25) is 0 Å². The van der Waals surface area contributed by atoms with Gasteiger partial charge in [-0.05, 0) is 20.5 Å². The van der Waals surface area contributed by atoms with Crippen LogP contribution >= 0.6 is 0 Å². The molecule has 0 aromatic heterocycles. The highest BCUT2D eigenvalue weighted by molar-refractivity contribution is 7.89. The van der Waals surface area contributed by atoms with Crippen molar-refractivity contribution in [3.05, 3.63) is 0 Å². The number of rotatable bonds is 6. The lowest BCUT2D eigenvalue weighted by molar-refractivity contribution is 0.117. The number of piperazine rings is 1. The molecule has 1 atom stereocenters. The third kappa shape index (κ3) is 5.31. The fraction of sp³-hybridized carbons (Fsp3) is 1.00. The molecule has 102 valence electrons. The van der Waals surface area contributed by atoms with Crippen molar-refractivity contribution in [2.24, 2.45) is 0 Å². The maximum absolute atomic E-state index is 11.6. The summed E-state index contributed by atoms with van der Waals surface area (Å²) in [6.07, 6.45) is 0.287. The first kappa shape index (κ1) is 14.8. The highest BCUT2D eigenvalue weighted by Crippen LogP contribution is 2.05. The van der Waals surface area contributed by atoms with Crippen LogP contribution in [0.5, 0.6) is 0 Å². The first-order valence-corrected chi connectivity index (χ1v) is 7.57. The average molecular weight is 265 g/mol. The zero-order chi connectivity index (χ0) is 12.9. The van der Waals surface area contributed by atoms with E-state index in [4.69, 9.17) is 5.11 Å². The summed E-state index contributed by atoms with van der Waals surface area (Å²) in [7, 11) is 0.816. The van der Waals surface area contributed by atoms with Crippen molar-refractivity contribution in [1.82, 2.24) is 14.5 Å². The number of nitrogens with one attached hydrogen (secondary N) is 1. The van der Waals surface area contributed by atoms with E-state index in [1.54, 1.807) is 0 Å². The Balaban J connectivity index is 2.38. The van der Waals surface area contributed by atoms with Crippen LogP contribution in [0.3, 0.4) is 0 Å². The summed E-state index contributed by atoms with van der Waals surface area (Å²) < 4.78 is 25.7. The van der Waals surface area contributed by atoms with Crippen LogP contribution in [0.4, 0.5) is 0 Å². The summed E-state index contributed by atoms with van der Waals surface area (Å²) >= 11 is 0. The molecule has 0 bridgehead atoms. The summed E-state index contributed by atoms with van der Waals surface area (Å²) in [5.74, 6) is -0.00419. The Bertz CT molecular complexity index is 321. The SMILES string of the molecule is CN1CCN(C)C(CNS(=O)(=O)CCCO)C1. The van der Waals surface area contributed by atoms with E-state index in [9.17, 15) is 8.42 Å². The normalized spacial score (nSPS) is 24.1. The Kier molecular flexibility index (Phi) is 5.81. The number of nitrogens with zero attached hydrogens (tertiary/aromatic N) is 2. The summed E-state index contributed by atoms with van der Waals surface area (Å²) in [5.41, 5.74) is 0. The molecule has 1 aliphatic rings. The summed E-state index contributed by atoms with van der Waals surface area (Å²) in [6, 6.07) is 0.220. The zero-order valence-corrected chi connectivity index (χ0v) is 11.4. The molecule has 7 heteroatoms. The molecule has 6 nitrogen and oxygen atoms in total. The first-order chi connectivity index (χ1) is 7.94. The fourth-order valence-corrected chi connectivity index (χ4v) is 2.97. The monoisotopic (exact) mass is 265 g/mol. The number of aliphatic hydroxyl groups is 1. The molecule has 0 aromatic carbocycles. The summed E-state index contributed by atoms with van der Waals surface area (Å²) in [6.45, 7) is 3.20. The zero-order valence-electron chi connectivity index (χ0n) is 10.6. The second-order valence-corrected chi connectivity index (χ2v) is 6.57. The van der Waals surface area contributed by atoms with Gasteiger partial charge in [0.05, 0.1) is 5.75 Å². The van der Waals surface area contributed by atoms with Crippen molar-refractivity contribution in [1.29, 1.82) is 0 Å². The maximum atomic E-state index is 11.6. The molecule has 1 heterocycles. The minimum Gasteiger partial charge on any atom is -0.396 e. The van der Waals surface area contributed by atoms with Gasteiger partial charge in [-0.2, -0.15) is 0 Å². The molecular weight excluding hydrogens is 242 g/mol. The fourth-order valence-electron chi connectivity index (χ4n) is 1.87. The largest absolute Gasteiger partial charge is 0.396 e. The van der Waals surface area contributed by atoms with Crippen LogP contribution in [-0.2, 0) is 10.0 Å². The quantitative estimate of drug-likeness (QED) is 0.614. The number of hydrogen-bond acceptors (Lipinski definition) is 5. The van der Waals surface area contributed by atoms with Gasteiger partial charge in [0.25, 0.3) is 0 Å². The van der Waals surface area contributed by atoms with E-state index in [-0.39, 0.29) is 24.8 Å². The second-order valence-electron chi connectivity index (χ2n) is 4.64. The number of likely N-dealkylation sites (N-methyl/N-ethyl adjacent to an activating group) is 2. The average Bonchev–Trinajstić information content (AvgIpc) is 2.28. The maximum Gasteiger partial charge on any atom is 0.211 e. The lowest BCUT2D eigenvalue weighted by atomic mass is 10.2. The van der Waals surface area contributed by atoms with Crippen LogP contribution < -0.4 is 4.72 Å². The second kappa shape index (κ2) is 6.65. The van der Waals surface area contributed by atoms with Crippen LogP contribution in [-0.4, -0.2) is 82.0 Å². The highest BCUT2D eigenvalue weighted by atomic mass is 32.2. The number of sulfonamides is 1. The predicted octanol–water partition coefficient (Wildman–Crippen LogP) is -1.47. The first-order valence-electron chi connectivity index (χ1n) is 5.91. The minimum absolute atomic E-state index is 0.00419. The van der Waals surface area contributed by atoms with E-state index in [1.165, 1.54) is 0 Å². The van der Waals surface area contributed by atoms with Gasteiger partial charge in [-0.25, -0.2) is 13.1 Å². The van der Waals surface area contributed by atoms with Gasteiger partial charge < -0.3 is 10.0 Å². The van der Waals surface area contributed by atoms with E-state index in [0.717, 1.165) is 19.6 Å². The van der Waals surface area contributed by atoms with Crippen LogP contribution in [0.1, 0.15) is 6.42 Å². The molecule has 0 amide bonds. The molecule has 1 fully saturated rings. The minimum atomic E-state index is -3.24. The third-order valence-corrected chi connectivity index (χ3v) is 4.52. The molecule has 2 N–H and O–H groups in total. The van der Waals surface area contributed by atoms with Crippen molar-refractivity contribution in [2.45, 2.75) is 12.5 Å². The van der Waals surface area contributed by atoms with Crippen LogP contribution in [0.15, 0.2) is 0 Å². The smallest absolute Gasteiger partial charge is 0.211 e. The predicted molar refractivity (Wildman–Crippen MR) is 67.4 cm³/mol. The molecular formula is C10H23N3O3S. The molecule has 0 aliphatic carbocycles.